The molecule has 2 aromatic heterocycles. The molecule has 0 spiro atoms. The van der Waals surface area contributed by atoms with Gasteiger partial charge in [-0.15, -0.1) is 5.10 Å². The number of rotatable bonds is 3. The van der Waals surface area contributed by atoms with Gasteiger partial charge in [0.15, 0.2) is 0 Å². The molecule has 144 valence electrons. The quantitative estimate of drug-likeness (QED) is 0.553. The molecule has 0 fully saturated rings. The highest BCUT2D eigenvalue weighted by Crippen LogP contribution is 2.28. The molecule has 2 N–H and O–H groups in total. The first-order chi connectivity index (χ1) is 13.3. The molecule has 0 amide bonds. The van der Waals surface area contributed by atoms with Crippen LogP contribution >= 0.6 is 0 Å². The maximum absolute atomic E-state index is 11.8. The summed E-state index contributed by atoms with van der Waals surface area (Å²) in [5.41, 5.74) is 3.41. The molecule has 1 atom stereocenters. The molecule has 1 unspecified atom stereocenters. The van der Waals surface area contributed by atoms with Crippen LogP contribution in [0.3, 0.4) is 0 Å². The number of hydrogen-bond donors (Lipinski definition) is 2. The van der Waals surface area contributed by atoms with Crippen molar-refractivity contribution in [1.29, 1.82) is 0 Å². The van der Waals surface area contributed by atoms with Gasteiger partial charge in [-0.2, -0.15) is 0 Å². The van der Waals surface area contributed by atoms with Crippen molar-refractivity contribution in [2.45, 2.75) is 39.3 Å². The number of carboxylic acid groups (broad SMARTS) is 1. The predicted octanol–water partition coefficient (Wildman–Crippen LogP) is 4.24. The lowest BCUT2D eigenvalue weighted by atomic mass is 9.96. The number of anilines is 1. The summed E-state index contributed by atoms with van der Waals surface area (Å²) in [5, 5.41) is 21.5. The lowest BCUT2D eigenvalue weighted by Crippen LogP contribution is -2.22. The van der Waals surface area contributed by atoms with Crippen molar-refractivity contribution in [2.75, 3.05) is 5.32 Å². The molecule has 0 saturated carbocycles. The minimum Gasteiger partial charge on any atom is -0.464 e. The zero-order valence-corrected chi connectivity index (χ0v) is 16.2. The number of aromatic nitrogens is 5. The van der Waals surface area contributed by atoms with E-state index in [-0.39, 0.29) is 6.17 Å². The Bertz CT molecular complexity index is 1180. The van der Waals surface area contributed by atoms with Crippen LogP contribution in [0, 0.1) is 0 Å². The molecular weight excluding hydrogens is 356 g/mol. The second-order valence-corrected chi connectivity index (χ2v) is 7.85. The van der Waals surface area contributed by atoms with Gasteiger partial charge in [0.2, 0.25) is 0 Å². The summed E-state index contributed by atoms with van der Waals surface area (Å²) in [4.78, 5) is 16.4. The van der Waals surface area contributed by atoms with Gasteiger partial charge in [-0.1, -0.05) is 38.1 Å². The SMILES string of the molecule is CC(Nc1ccc2c(c1)nc(C(C)(C)C)n2C(=O)O)n1nnc2ccccc21. The first-order valence-corrected chi connectivity index (χ1v) is 9.08. The third-order valence-electron chi connectivity index (χ3n) is 4.64. The summed E-state index contributed by atoms with van der Waals surface area (Å²) in [7, 11) is 0. The van der Waals surface area contributed by atoms with Crippen LogP contribution in [-0.2, 0) is 5.41 Å². The van der Waals surface area contributed by atoms with E-state index < -0.39 is 11.5 Å². The van der Waals surface area contributed by atoms with Crippen molar-refractivity contribution in [2.24, 2.45) is 0 Å². The van der Waals surface area contributed by atoms with Crippen LogP contribution < -0.4 is 5.32 Å². The van der Waals surface area contributed by atoms with Crippen molar-refractivity contribution in [1.82, 2.24) is 24.5 Å². The van der Waals surface area contributed by atoms with Crippen LogP contribution in [0.15, 0.2) is 42.5 Å². The normalized spacial score (nSPS) is 13.1. The number of nitrogens with one attached hydrogen (secondary N) is 1. The first-order valence-electron chi connectivity index (χ1n) is 9.08. The highest BCUT2D eigenvalue weighted by Gasteiger charge is 2.26. The second kappa shape index (κ2) is 6.33. The zero-order valence-electron chi connectivity index (χ0n) is 16.2. The third-order valence-corrected chi connectivity index (χ3v) is 4.64. The Morgan fingerprint density at radius 2 is 1.86 bits per heavy atom. The largest absolute Gasteiger partial charge is 0.464 e. The average molecular weight is 378 g/mol. The molecule has 2 heterocycles. The summed E-state index contributed by atoms with van der Waals surface area (Å²) in [6.07, 6.45) is -1.18. The van der Waals surface area contributed by atoms with Crippen molar-refractivity contribution < 1.29 is 9.90 Å². The number of imidazole rings is 1. The monoisotopic (exact) mass is 378 g/mol. The molecule has 2 aromatic carbocycles. The van der Waals surface area contributed by atoms with Crippen LogP contribution in [0.4, 0.5) is 10.5 Å². The Balaban J connectivity index is 1.71. The van der Waals surface area contributed by atoms with Gasteiger partial charge in [0.25, 0.3) is 0 Å². The summed E-state index contributed by atoms with van der Waals surface area (Å²) in [6, 6.07) is 13.3. The van der Waals surface area contributed by atoms with E-state index in [0.29, 0.717) is 16.9 Å². The summed E-state index contributed by atoms with van der Waals surface area (Å²) in [5.74, 6) is 0.516. The fourth-order valence-electron chi connectivity index (χ4n) is 3.34. The molecule has 28 heavy (non-hydrogen) atoms. The Kier molecular flexibility index (Phi) is 4.06. The molecule has 0 saturated heterocycles. The summed E-state index contributed by atoms with van der Waals surface area (Å²) >= 11 is 0. The van der Waals surface area contributed by atoms with E-state index >= 15 is 0 Å². The third kappa shape index (κ3) is 2.96. The Morgan fingerprint density at radius 1 is 1.11 bits per heavy atom. The maximum Gasteiger partial charge on any atom is 0.417 e. The van der Waals surface area contributed by atoms with Gasteiger partial charge >= 0.3 is 6.09 Å². The number of hydrogen-bond acceptors (Lipinski definition) is 5. The van der Waals surface area contributed by atoms with E-state index in [9.17, 15) is 9.90 Å². The molecule has 8 heteroatoms. The van der Waals surface area contributed by atoms with E-state index in [2.05, 4.69) is 20.6 Å². The van der Waals surface area contributed by atoms with Crippen LogP contribution in [0.2, 0.25) is 0 Å². The molecule has 0 aliphatic carbocycles. The fraction of sp³-hybridized carbons (Fsp3) is 0.300. The Hall–Kier alpha value is -3.42. The molecule has 4 aromatic rings. The Morgan fingerprint density at radius 3 is 2.57 bits per heavy atom. The Labute approximate surface area is 161 Å². The van der Waals surface area contributed by atoms with Gasteiger partial charge in [-0.25, -0.2) is 19.0 Å². The van der Waals surface area contributed by atoms with Crippen LogP contribution in [0.5, 0.6) is 0 Å². The smallest absolute Gasteiger partial charge is 0.417 e. The number of carbonyl (C=O) groups is 1. The molecular formula is C20H22N6O2. The lowest BCUT2D eigenvalue weighted by molar-refractivity contribution is 0.195. The maximum atomic E-state index is 11.8. The van der Waals surface area contributed by atoms with E-state index in [0.717, 1.165) is 16.7 Å². The van der Waals surface area contributed by atoms with Gasteiger partial charge < -0.3 is 10.4 Å². The molecule has 4 rings (SSSR count). The highest BCUT2D eigenvalue weighted by molar-refractivity contribution is 5.89. The van der Waals surface area contributed by atoms with Crippen molar-refractivity contribution >= 4 is 33.8 Å². The molecule has 0 radical (unpaired) electrons. The van der Waals surface area contributed by atoms with Crippen LogP contribution in [0.1, 0.15) is 39.7 Å². The molecule has 8 nitrogen and oxygen atoms in total. The fourth-order valence-corrected chi connectivity index (χ4v) is 3.34. The second-order valence-electron chi connectivity index (χ2n) is 7.85. The van der Waals surface area contributed by atoms with Gasteiger partial charge in [0.05, 0.1) is 16.6 Å². The van der Waals surface area contributed by atoms with Gasteiger partial charge in [0, 0.05) is 11.1 Å². The first kappa shape index (κ1) is 18.0. The number of para-hydroxylation sites is 1. The number of benzene rings is 2. The average Bonchev–Trinajstić information content (AvgIpc) is 3.22. The topological polar surface area (TPSA) is 97.9 Å². The number of fused-ring (bicyclic) bond motifs is 2. The van der Waals surface area contributed by atoms with Crippen molar-refractivity contribution in [3.8, 4) is 0 Å². The van der Waals surface area contributed by atoms with E-state index in [1.807, 2.05) is 68.8 Å². The number of nitrogens with zero attached hydrogens (tertiary/aromatic N) is 5. The minimum atomic E-state index is -1.03. The zero-order chi connectivity index (χ0) is 20.1. The highest BCUT2D eigenvalue weighted by atomic mass is 16.4. The van der Waals surface area contributed by atoms with Gasteiger partial charge in [-0.3, -0.25) is 0 Å². The minimum absolute atomic E-state index is 0.145. The van der Waals surface area contributed by atoms with Gasteiger partial charge in [-0.05, 0) is 37.3 Å². The van der Waals surface area contributed by atoms with E-state index in [1.54, 1.807) is 6.07 Å². The van der Waals surface area contributed by atoms with Crippen molar-refractivity contribution in [3.63, 3.8) is 0 Å². The lowest BCUT2D eigenvalue weighted by Gasteiger charge is -2.17. The molecule has 0 bridgehead atoms. The van der Waals surface area contributed by atoms with Crippen LogP contribution in [0.25, 0.3) is 22.1 Å². The van der Waals surface area contributed by atoms with E-state index in [1.165, 1.54) is 4.57 Å². The van der Waals surface area contributed by atoms with Crippen molar-refractivity contribution in [3.05, 3.63) is 48.3 Å². The standard InChI is InChI=1S/C20H22N6O2/c1-12(26-17-8-6-5-7-14(17)23-24-26)21-13-9-10-16-15(11-13)22-18(20(2,3)4)25(16)19(27)28/h5-12,21H,1-4H3,(H,27,28). The van der Waals surface area contributed by atoms with Crippen LogP contribution in [-0.4, -0.2) is 35.7 Å². The summed E-state index contributed by atoms with van der Waals surface area (Å²) < 4.78 is 3.07. The van der Waals surface area contributed by atoms with E-state index in [4.69, 9.17) is 0 Å². The molecule has 0 aliphatic rings. The summed E-state index contributed by atoms with van der Waals surface area (Å²) in [6.45, 7) is 7.84. The van der Waals surface area contributed by atoms with Gasteiger partial charge in [0.1, 0.15) is 17.5 Å². The predicted molar refractivity (Wildman–Crippen MR) is 108 cm³/mol. The molecule has 0 aliphatic heterocycles.